The lowest BCUT2D eigenvalue weighted by molar-refractivity contribution is 0.0711. The van der Waals surface area contributed by atoms with E-state index in [0.717, 1.165) is 17.7 Å². The van der Waals surface area contributed by atoms with Gasteiger partial charge >= 0.3 is 0 Å². The Morgan fingerprint density at radius 3 is 2.76 bits per heavy atom. The fourth-order valence-corrected chi connectivity index (χ4v) is 3.74. The van der Waals surface area contributed by atoms with E-state index in [1.807, 2.05) is 42.7 Å². The van der Waals surface area contributed by atoms with Crippen LogP contribution in [0, 0.1) is 0 Å². The number of aromatic nitrogens is 2. The first-order valence-electron chi connectivity index (χ1n) is 9.21. The topological polar surface area (TPSA) is 68.5 Å². The van der Waals surface area contributed by atoms with E-state index in [9.17, 15) is 4.79 Å². The number of nitrogens with zero attached hydrogens (tertiary/aromatic N) is 3. The van der Waals surface area contributed by atoms with Crippen LogP contribution in [0.2, 0.25) is 5.02 Å². The molecule has 3 aromatic rings. The fourth-order valence-electron chi connectivity index (χ4n) is 3.09. The number of halogens is 1. The maximum atomic E-state index is 13.3. The summed E-state index contributed by atoms with van der Waals surface area (Å²) in [7, 11) is 1.57. The molecule has 0 N–H and O–H groups in total. The zero-order valence-electron chi connectivity index (χ0n) is 16.1. The highest BCUT2D eigenvalue weighted by Gasteiger charge is 2.35. The largest absolute Gasteiger partial charge is 0.496 e. The summed E-state index contributed by atoms with van der Waals surface area (Å²) in [4.78, 5) is 16.1. The van der Waals surface area contributed by atoms with Crippen LogP contribution in [0.15, 0.2) is 51.8 Å². The Kier molecular flexibility index (Phi) is 5.78. The lowest BCUT2D eigenvalue weighted by Crippen LogP contribution is -2.33. The van der Waals surface area contributed by atoms with Crippen molar-refractivity contribution in [2.75, 3.05) is 13.4 Å². The van der Waals surface area contributed by atoms with E-state index >= 15 is 0 Å². The van der Waals surface area contributed by atoms with Crippen LogP contribution in [0.4, 0.5) is 0 Å². The van der Waals surface area contributed by atoms with Gasteiger partial charge < -0.3 is 14.1 Å². The Morgan fingerprint density at radius 1 is 1.28 bits per heavy atom. The quantitative estimate of drug-likeness (QED) is 0.496. The van der Waals surface area contributed by atoms with Gasteiger partial charge in [0.2, 0.25) is 11.8 Å². The van der Waals surface area contributed by atoms with Gasteiger partial charge in [0.15, 0.2) is 0 Å². The second-order valence-electron chi connectivity index (χ2n) is 6.71. The SMILES string of the molecule is COc1cc(SC)ccc1C(=O)N(Cc1nnc(-c2ccccc2Cl)o1)C1CC1. The summed E-state index contributed by atoms with van der Waals surface area (Å²) in [6, 6.07) is 13.1. The van der Waals surface area contributed by atoms with Crippen molar-refractivity contribution in [1.29, 1.82) is 0 Å². The monoisotopic (exact) mass is 429 g/mol. The molecule has 150 valence electrons. The zero-order chi connectivity index (χ0) is 20.4. The summed E-state index contributed by atoms with van der Waals surface area (Å²) in [5.41, 5.74) is 1.20. The molecular weight excluding hydrogens is 410 g/mol. The Bertz CT molecular complexity index is 1040. The van der Waals surface area contributed by atoms with Gasteiger partial charge in [-0.2, -0.15) is 0 Å². The van der Waals surface area contributed by atoms with E-state index in [1.54, 1.807) is 29.8 Å². The molecule has 1 fully saturated rings. The van der Waals surface area contributed by atoms with Crippen molar-refractivity contribution in [3.8, 4) is 17.2 Å². The van der Waals surface area contributed by atoms with Crippen molar-refractivity contribution in [2.45, 2.75) is 30.3 Å². The number of carbonyl (C=O) groups is 1. The maximum Gasteiger partial charge on any atom is 0.258 e. The van der Waals surface area contributed by atoms with E-state index < -0.39 is 0 Å². The molecule has 1 heterocycles. The van der Waals surface area contributed by atoms with E-state index in [4.69, 9.17) is 20.8 Å². The molecule has 0 aliphatic heterocycles. The number of rotatable bonds is 7. The lowest BCUT2D eigenvalue weighted by atomic mass is 10.1. The minimum Gasteiger partial charge on any atom is -0.496 e. The molecule has 0 radical (unpaired) electrons. The molecule has 0 unspecified atom stereocenters. The number of benzene rings is 2. The summed E-state index contributed by atoms with van der Waals surface area (Å²) in [5, 5.41) is 8.77. The predicted molar refractivity (Wildman–Crippen MR) is 112 cm³/mol. The Labute approximate surface area is 178 Å². The lowest BCUT2D eigenvalue weighted by Gasteiger charge is -2.22. The molecule has 6 nitrogen and oxygen atoms in total. The Morgan fingerprint density at radius 2 is 2.07 bits per heavy atom. The first kappa shape index (κ1) is 19.8. The van der Waals surface area contributed by atoms with Gasteiger partial charge in [-0.15, -0.1) is 22.0 Å². The predicted octanol–water partition coefficient (Wildman–Crippen LogP) is 4.93. The summed E-state index contributed by atoms with van der Waals surface area (Å²) < 4.78 is 11.3. The summed E-state index contributed by atoms with van der Waals surface area (Å²) in [6.45, 7) is 0.244. The summed E-state index contributed by atoms with van der Waals surface area (Å²) in [6.07, 6.45) is 3.91. The number of thioether (sulfide) groups is 1. The number of ether oxygens (including phenoxy) is 1. The molecular formula is C21H20ClN3O3S. The molecule has 4 rings (SSSR count). The third-order valence-electron chi connectivity index (χ3n) is 4.76. The van der Waals surface area contributed by atoms with E-state index in [2.05, 4.69) is 10.2 Å². The van der Waals surface area contributed by atoms with E-state index in [0.29, 0.717) is 33.7 Å². The number of carbonyl (C=O) groups excluding carboxylic acids is 1. The van der Waals surface area contributed by atoms with Gasteiger partial charge in [-0.05, 0) is 49.4 Å². The maximum absolute atomic E-state index is 13.3. The van der Waals surface area contributed by atoms with Gasteiger partial charge in [0, 0.05) is 10.9 Å². The molecule has 1 amide bonds. The first-order valence-corrected chi connectivity index (χ1v) is 10.8. The Balaban J connectivity index is 1.58. The smallest absolute Gasteiger partial charge is 0.258 e. The van der Waals surface area contributed by atoms with Gasteiger partial charge in [0.05, 0.1) is 29.8 Å². The second kappa shape index (κ2) is 8.47. The standard InChI is InChI=1S/C21H20ClN3O3S/c1-27-18-11-14(29-2)9-10-16(18)21(26)25(13-7-8-13)12-19-23-24-20(28-19)15-5-3-4-6-17(15)22/h3-6,9-11,13H,7-8,12H2,1-2H3. The average Bonchev–Trinajstić information content (AvgIpc) is 3.49. The molecule has 1 aliphatic carbocycles. The van der Waals surface area contributed by atoms with Crippen molar-refractivity contribution < 1.29 is 13.9 Å². The van der Waals surface area contributed by atoms with Gasteiger partial charge in [-0.1, -0.05) is 23.7 Å². The van der Waals surface area contributed by atoms with Gasteiger partial charge in [0.25, 0.3) is 5.91 Å². The first-order chi connectivity index (χ1) is 14.1. The summed E-state index contributed by atoms with van der Waals surface area (Å²) in [5.74, 6) is 1.18. The van der Waals surface area contributed by atoms with Crippen LogP contribution in [0.25, 0.3) is 11.5 Å². The molecule has 1 aromatic heterocycles. The number of amides is 1. The van der Waals surface area contributed by atoms with Crippen molar-refractivity contribution in [2.24, 2.45) is 0 Å². The van der Waals surface area contributed by atoms with Crippen molar-refractivity contribution in [1.82, 2.24) is 15.1 Å². The summed E-state index contributed by atoms with van der Waals surface area (Å²) >= 11 is 7.82. The van der Waals surface area contributed by atoms with E-state index in [-0.39, 0.29) is 18.5 Å². The van der Waals surface area contributed by atoms with Crippen LogP contribution in [0.1, 0.15) is 29.1 Å². The minimum absolute atomic E-state index is 0.102. The Hall–Kier alpha value is -2.51. The van der Waals surface area contributed by atoms with Crippen LogP contribution in [0.3, 0.4) is 0 Å². The average molecular weight is 430 g/mol. The van der Waals surface area contributed by atoms with Crippen LogP contribution >= 0.6 is 23.4 Å². The normalized spacial score (nSPS) is 13.3. The van der Waals surface area contributed by atoms with Crippen molar-refractivity contribution in [3.63, 3.8) is 0 Å². The van der Waals surface area contributed by atoms with Crippen LogP contribution < -0.4 is 4.74 Å². The highest BCUT2D eigenvalue weighted by Crippen LogP contribution is 2.33. The van der Waals surface area contributed by atoms with Crippen LogP contribution in [-0.4, -0.2) is 40.4 Å². The highest BCUT2D eigenvalue weighted by atomic mass is 35.5. The zero-order valence-corrected chi connectivity index (χ0v) is 17.7. The van der Waals surface area contributed by atoms with Crippen LogP contribution in [0.5, 0.6) is 5.75 Å². The van der Waals surface area contributed by atoms with Gasteiger partial charge in [-0.3, -0.25) is 4.79 Å². The molecule has 0 saturated heterocycles. The minimum atomic E-state index is -0.102. The fraction of sp³-hybridized carbons (Fsp3) is 0.286. The number of hydrogen-bond acceptors (Lipinski definition) is 6. The third-order valence-corrected chi connectivity index (χ3v) is 5.82. The molecule has 0 atom stereocenters. The van der Waals surface area contributed by atoms with Gasteiger partial charge in [-0.25, -0.2) is 0 Å². The highest BCUT2D eigenvalue weighted by molar-refractivity contribution is 7.98. The molecule has 29 heavy (non-hydrogen) atoms. The molecule has 8 heteroatoms. The van der Waals surface area contributed by atoms with Crippen LogP contribution in [-0.2, 0) is 6.54 Å². The van der Waals surface area contributed by atoms with Crippen molar-refractivity contribution in [3.05, 3.63) is 58.9 Å². The van der Waals surface area contributed by atoms with E-state index in [1.165, 1.54) is 0 Å². The number of hydrogen-bond donors (Lipinski definition) is 0. The van der Waals surface area contributed by atoms with Gasteiger partial charge in [0.1, 0.15) is 5.75 Å². The third kappa shape index (κ3) is 4.26. The second-order valence-corrected chi connectivity index (χ2v) is 8.00. The molecule has 2 aromatic carbocycles. The number of methoxy groups -OCH3 is 1. The molecule has 0 spiro atoms. The molecule has 1 aliphatic rings. The van der Waals surface area contributed by atoms with Crippen molar-refractivity contribution >= 4 is 29.3 Å². The molecule has 1 saturated carbocycles. The molecule has 0 bridgehead atoms.